The van der Waals surface area contributed by atoms with Crippen molar-refractivity contribution >= 4 is 21.9 Å². The van der Waals surface area contributed by atoms with Crippen LogP contribution >= 0.6 is 0 Å². The fourth-order valence-electron chi connectivity index (χ4n) is 3.40. The van der Waals surface area contributed by atoms with Crippen molar-refractivity contribution in [2.45, 2.75) is 6.92 Å². The number of benzene rings is 3. The van der Waals surface area contributed by atoms with Gasteiger partial charge in [-0.1, -0.05) is 42.0 Å². The SMILES string of the molecule is Cc1ccc(-c2ccc3c(c2)oc2ccc(-c4ccccn4)cc23)cc1. The van der Waals surface area contributed by atoms with Gasteiger partial charge in [-0.2, -0.15) is 0 Å². The predicted octanol–water partition coefficient (Wildman–Crippen LogP) is 6.62. The number of pyridine rings is 1. The van der Waals surface area contributed by atoms with Crippen LogP contribution in [0.1, 0.15) is 5.56 Å². The molecule has 2 aromatic heterocycles. The fourth-order valence-corrected chi connectivity index (χ4v) is 3.40. The molecule has 0 aliphatic carbocycles. The zero-order valence-corrected chi connectivity index (χ0v) is 14.4. The number of rotatable bonds is 2. The lowest BCUT2D eigenvalue weighted by Gasteiger charge is -2.02. The molecule has 0 aliphatic heterocycles. The third-order valence-corrected chi connectivity index (χ3v) is 4.82. The number of aromatic nitrogens is 1. The standard InChI is InChI=1S/C24H17NO/c1-16-5-7-17(8-6-16)18-9-11-20-21-14-19(22-4-2-3-13-25-22)10-12-23(21)26-24(20)15-18/h2-15H,1H3. The summed E-state index contributed by atoms with van der Waals surface area (Å²) in [6, 6.07) is 27.2. The number of furan rings is 1. The minimum Gasteiger partial charge on any atom is -0.456 e. The topological polar surface area (TPSA) is 26.0 Å². The Kier molecular flexibility index (Phi) is 3.36. The lowest BCUT2D eigenvalue weighted by atomic mass is 10.0. The lowest BCUT2D eigenvalue weighted by Crippen LogP contribution is -1.81. The summed E-state index contributed by atoms with van der Waals surface area (Å²) in [5.74, 6) is 0. The summed E-state index contributed by atoms with van der Waals surface area (Å²) in [5, 5.41) is 2.26. The molecule has 0 spiro atoms. The molecule has 3 aromatic carbocycles. The minimum absolute atomic E-state index is 0.903. The van der Waals surface area contributed by atoms with Crippen LogP contribution in [0.4, 0.5) is 0 Å². The maximum absolute atomic E-state index is 6.11. The fraction of sp³-hybridized carbons (Fsp3) is 0.0417. The van der Waals surface area contributed by atoms with Gasteiger partial charge in [-0.15, -0.1) is 0 Å². The van der Waals surface area contributed by atoms with Gasteiger partial charge >= 0.3 is 0 Å². The van der Waals surface area contributed by atoms with Crippen molar-refractivity contribution in [1.29, 1.82) is 0 Å². The van der Waals surface area contributed by atoms with E-state index in [0.717, 1.165) is 33.2 Å². The van der Waals surface area contributed by atoms with Crippen LogP contribution in [0.3, 0.4) is 0 Å². The number of aryl methyl sites for hydroxylation is 1. The second kappa shape index (κ2) is 5.85. The highest BCUT2D eigenvalue weighted by Crippen LogP contribution is 2.34. The van der Waals surface area contributed by atoms with Crippen molar-refractivity contribution < 1.29 is 4.42 Å². The van der Waals surface area contributed by atoms with Crippen molar-refractivity contribution in [2.75, 3.05) is 0 Å². The van der Waals surface area contributed by atoms with E-state index in [0.29, 0.717) is 0 Å². The zero-order valence-electron chi connectivity index (χ0n) is 14.4. The molecule has 2 heteroatoms. The van der Waals surface area contributed by atoms with E-state index in [1.807, 2.05) is 30.5 Å². The molecular weight excluding hydrogens is 318 g/mol. The third-order valence-electron chi connectivity index (χ3n) is 4.82. The molecule has 2 nitrogen and oxygen atoms in total. The molecule has 5 aromatic rings. The van der Waals surface area contributed by atoms with Crippen molar-refractivity contribution in [3.05, 3.63) is 90.6 Å². The molecule has 0 saturated heterocycles. The Labute approximate surface area is 151 Å². The van der Waals surface area contributed by atoms with Gasteiger partial charge in [-0.05, 0) is 60.5 Å². The molecule has 0 fully saturated rings. The molecule has 2 heterocycles. The molecule has 0 N–H and O–H groups in total. The Bertz CT molecular complexity index is 1220. The van der Waals surface area contributed by atoms with Crippen LogP contribution in [0, 0.1) is 6.92 Å². The molecule has 5 rings (SSSR count). The van der Waals surface area contributed by atoms with Crippen molar-refractivity contribution in [3.63, 3.8) is 0 Å². The first-order valence-corrected chi connectivity index (χ1v) is 8.73. The highest BCUT2D eigenvalue weighted by Gasteiger charge is 2.10. The Morgan fingerprint density at radius 3 is 2.27 bits per heavy atom. The summed E-state index contributed by atoms with van der Waals surface area (Å²) in [4.78, 5) is 4.45. The summed E-state index contributed by atoms with van der Waals surface area (Å²) in [6.45, 7) is 2.10. The van der Waals surface area contributed by atoms with E-state index < -0.39 is 0 Å². The highest BCUT2D eigenvalue weighted by molar-refractivity contribution is 6.07. The van der Waals surface area contributed by atoms with Gasteiger partial charge in [0.25, 0.3) is 0 Å². The minimum atomic E-state index is 0.903. The van der Waals surface area contributed by atoms with Gasteiger partial charge in [0.2, 0.25) is 0 Å². The van der Waals surface area contributed by atoms with Gasteiger partial charge < -0.3 is 4.42 Å². The first-order valence-electron chi connectivity index (χ1n) is 8.73. The largest absolute Gasteiger partial charge is 0.456 e. The van der Waals surface area contributed by atoms with Gasteiger partial charge in [-0.25, -0.2) is 0 Å². The van der Waals surface area contributed by atoms with Crippen LogP contribution in [0.25, 0.3) is 44.3 Å². The van der Waals surface area contributed by atoms with E-state index in [2.05, 4.69) is 66.5 Å². The smallest absolute Gasteiger partial charge is 0.136 e. The number of nitrogens with zero attached hydrogens (tertiary/aromatic N) is 1. The number of hydrogen-bond acceptors (Lipinski definition) is 2. The van der Waals surface area contributed by atoms with E-state index in [-0.39, 0.29) is 0 Å². The Balaban J connectivity index is 1.66. The second-order valence-electron chi connectivity index (χ2n) is 6.60. The third kappa shape index (κ3) is 2.47. The van der Waals surface area contributed by atoms with E-state index in [4.69, 9.17) is 4.42 Å². The summed E-state index contributed by atoms with van der Waals surface area (Å²) in [6.07, 6.45) is 1.82. The quantitative estimate of drug-likeness (QED) is 0.362. The molecule has 0 amide bonds. The molecule has 26 heavy (non-hydrogen) atoms. The van der Waals surface area contributed by atoms with Gasteiger partial charge in [0.05, 0.1) is 5.69 Å². The van der Waals surface area contributed by atoms with Crippen LogP contribution in [0.15, 0.2) is 89.5 Å². The predicted molar refractivity (Wildman–Crippen MR) is 107 cm³/mol. The first-order chi connectivity index (χ1) is 12.8. The van der Waals surface area contributed by atoms with Crippen LogP contribution in [0.5, 0.6) is 0 Å². The van der Waals surface area contributed by atoms with Gasteiger partial charge in [-0.3, -0.25) is 4.98 Å². The Morgan fingerprint density at radius 2 is 1.46 bits per heavy atom. The summed E-state index contributed by atoms with van der Waals surface area (Å²) >= 11 is 0. The maximum atomic E-state index is 6.11. The molecule has 0 atom stereocenters. The van der Waals surface area contributed by atoms with Crippen molar-refractivity contribution in [3.8, 4) is 22.4 Å². The monoisotopic (exact) mass is 335 g/mol. The molecule has 124 valence electrons. The molecule has 0 aliphatic rings. The van der Waals surface area contributed by atoms with Crippen molar-refractivity contribution in [1.82, 2.24) is 4.98 Å². The lowest BCUT2D eigenvalue weighted by molar-refractivity contribution is 0.669. The van der Waals surface area contributed by atoms with Crippen LogP contribution in [-0.2, 0) is 0 Å². The summed E-state index contributed by atoms with van der Waals surface area (Å²) in [5.41, 5.74) is 7.52. The summed E-state index contributed by atoms with van der Waals surface area (Å²) < 4.78 is 6.11. The second-order valence-corrected chi connectivity index (χ2v) is 6.60. The average Bonchev–Trinajstić information content (AvgIpc) is 3.06. The molecule has 0 radical (unpaired) electrons. The van der Waals surface area contributed by atoms with Crippen LogP contribution in [-0.4, -0.2) is 4.98 Å². The molecule has 0 unspecified atom stereocenters. The van der Waals surface area contributed by atoms with E-state index >= 15 is 0 Å². The normalized spacial score (nSPS) is 11.3. The van der Waals surface area contributed by atoms with E-state index in [1.165, 1.54) is 16.7 Å². The van der Waals surface area contributed by atoms with E-state index in [1.54, 1.807) is 0 Å². The highest BCUT2D eigenvalue weighted by atomic mass is 16.3. The molecule has 0 saturated carbocycles. The molecule has 0 bridgehead atoms. The number of fused-ring (bicyclic) bond motifs is 3. The Hall–Kier alpha value is -3.39. The van der Waals surface area contributed by atoms with Gasteiger partial charge in [0.15, 0.2) is 0 Å². The first kappa shape index (κ1) is 14.9. The van der Waals surface area contributed by atoms with Crippen LogP contribution in [0.2, 0.25) is 0 Å². The van der Waals surface area contributed by atoms with Gasteiger partial charge in [0, 0.05) is 22.5 Å². The van der Waals surface area contributed by atoms with Crippen molar-refractivity contribution in [2.24, 2.45) is 0 Å². The zero-order chi connectivity index (χ0) is 17.5. The summed E-state index contributed by atoms with van der Waals surface area (Å²) in [7, 11) is 0. The average molecular weight is 335 g/mol. The Morgan fingerprint density at radius 1 is 0.654 bits per heavy atom. The van der Waals surface area contributed by atoms with Crippen LogP contribution < -0.4 is 0 Å². The maximum Gasteiger partial charge on any atom is 0.136 e. The number of hydrogen-bond donors (Lipinski definition) is 0. The van der Waals surface area contributed by atoms with Gasteiger partial charge in [0.1, 0.15) is 11.2 Å². The molecular formula is C24H17NO. The van der Waals surface area contributed by atoms with E-state index in [9.17, 15) is 0 Å².